The van der Waals surface area contributed by atoms with Crippen LogP contribution in [0.2, 0.25) is 0 Å². The van der Waals surface area contributed by atoms with Crippen molar-refractivity contribution in [3.05, 3.63) is 59.4 Å². The molecule has 2 heterocycles. The maximum Gasteiger partial charge on any atom is 0.159 e. The van der Waals surface area contributed by atoms with Crippen molar-refractivity contribution in [2.45, 2.75) is 39.8 Å². The van der Waals surface area contributed by atoms with Crippen LogP contribution in [-0.4, -0.2) is 63.7 Å². The Labute approximate surface area is 168 Å². The molecule has 150 valence electrons. The van der Waals surface area contributed by atoms with Crippen LogP contribution in [-0.2, 0) is 6.54 Å². The number of hydrogen-bond acceptors (Lipinski definition) is 5. The first kappa shape index (κ1) is 20.6. The summed E-state index contributed by atoms with van der Waals surface area (Å²) in [6.07, 6.45) is 6.99. The minimum atomic E-state index is 0.234. The molecule has 3 rings (SSSR count). The largest absolute Gasteiger partial charge is 0.396 e. The second-order valence-corrected chi connectivity index (χ2v) is 7.91. The number of rotatable bonds is 7. The molecule has 5 nitrogen and oxygen atoms in total. The molecule has 0 unspecified atom stereocenters. The van der Waals surface area contributed by atoms with Crippen molar-refractivity contribution in [3.63, 3.8) is 0 Å². The topological polar surface area (TPSA) is 52.5 Å². The number of nitrogens with zero attached hydrogens (tertiary/aromatic N) is 4. The van der Waals surface area contributed by atoms with Gasteiger partial charge in [0.05, 0.1) is 0 Å². The minimum absolute atomic E-state index is 0.234. The zero-order valence-corrected chi connectivity index (χ0v) is 17.3. The molecule has 2 aromatic rings. The molecule has 1 aromatic heterocycles. The van der Waals surface area contributed by atoms with Gasteiger partial charge in [0.25, 0.3) is 0 Å². The smallest absolute Gasteiger partial charge is 0.159 e. The second-order valence-electron chi connectivity index (χ2n) is 7.91. The summed E-state index contributed by atoms with van der Waals surface area (Å²) in [6.45, 7) is 11.4. The van der Waals surface area contributed by atoms with E-state index in [2.05, 4.69) is 58.7 Å². The standard InChI is InChI=1S/C23H32N4O/c1-18(2)8-10-27-12-11-26(17-21(27)9-13-28)16-20-14-24-23(25-15-20)22-7-5-4-6-19(22)3/h4-8,14-15,21,28H,9-13,16-17H2,1-3H3/t21-/m0/s1. The van der Waals surface area contributed by atoms with Crippen LogP contribution < -0.4 is 0 Å². The van der Waals surface area contributed by atoms with Crippen LogP contribution in [0, 0.1) is 6.92 Å². The van der Waals surface area contributed by atoms with E-state index in [0.29, 0.717) is 6.04 Å². The summed E-state index contributed by atoms with van der Waals surface area (Å²) in [5, 5.41) is 9.47. The summed E-state index contributed by atoms with van der Waals surface area (Å²) in [7, 11) is 0. The Balaban J connectivity index is 1.62. The van der Waals surface area contributed by atoms with Gasteiger partial charge in [-0.15, -0.1) is 0 Å². The van der Waals surface area contributed by atoms with E-state index >= 15 is 0 Å². The predicted octanol–water partition coefficient (Wildman–Crippen LogP) is 3.29. The number of hydrogen-bond donors (Lipinski definition) is 1. The molecule has 1 saturated heterocycles. The lowest BCUT2D eigenvalue weighted by atomic mass is 10.1. The highest BCUT2D eigenvalue weighted by atomic mass is 16.3. The molecule has 0 bridgehead atoms. The van der Waals surface area contributed by atoms with Gasteiger partial charge in [0.1, 0.15) is 0 Å². The number of aromatic nitrogens is 2. The van der Waals surface area contributed by atoms with Crippen LogP contribution in [0.15, 0.2) is 48.3 Å². The van der Waals surface area contributed by atoms with Crippen molar-refractivity contribution in [2.24, 2.45) is 0 Å². The number of allylic oxidation sites excluding steroid dienone is 1. The molecule has 1 aliphatic rings. The second kappa shape index (κ2) is 9.92. The molecule has 0 saturated carbocycles. The van der Waals surface area contributed by atoms with E-state index in [0.717, 1.165) is 56.1 Å². The van der Waals surface area contributed by atoms with Gasteiger partial charge in [-0.2, -0.15) is 0 Å². The zero-order chi connectivity index (χ0) is 19.9. The molecule has 1 N–H and O–H groups in total. The van der Waals surface area contributed by atoms with Crippen LogP contribution >= 0.6 is 0 Å². The molecule has 1 aliphatic heterocycles. The summed E-state index contributed by atoms with van der Waals surface area (Å²) in [6, 6.07) is 8.60. The van der Waals surface area contributed by atoms with Crippen LogP contribution in [0.1, 0.15) is 31.4 Å². The Bertz CT molecular complexity index is 783. The third-order valence-corrected chi connectivity index (χ3v) is 5.38. The number of aryl methyl sites for hydroxylation is 1. The molecule has 5 heteroatoms. The molecule has 28 heavy (non-hydrogen) atoms. The summed E-state index contributed by atoms with van der Waals surface area (Å²) in [5.41, 5.74) is 4.76. The summed E-state index contributed by atoms with van der Waals surface area (Å²) in [4.78, 5) is 14.1. The van der Waals surface area contributed by atoms with Gasteiger partial charge in [0, 0.05) is 68.9 Å². The summed E-state index contributed by atoms with van der Waals surface area (Å²) >= 11 is 0. The number of aliphatic hydroxyl groups excluding tert-OH is 1. The Morgan fingerprint density at radius 2 is 1.93 bits per heavy atom. The van der Waals surface area contributed by atoms with Crippen molar-refractivity contribution < 1.29 is 5.11 Å². The molecule has 0 radical (unpaired) electrons. The SMILES string of the molecule is CC(C)=CCN1CCN(Cc2cnc(-c3ccccc3C)nc2)C[C@@H]1CCO. The van der Waals surface area contributed by atoms with E-state index in [9.17, 15) is 5.11 Å². The third kappa shape index (κ3) is 5.47. The average molecular weight is 381 g/mol. The van der Waals surface area contributed by atoms with E-state index in [1.165, 1.54) is 11.1 Å². The Kier molecular flexibility index (Phi) is 7.31. The third-order valence-electron chi connectivity index (χ3n) is 5.38. The van der Waals surface area contributed by atoms with Crippen molar-refractivity contribution in [3.8, 4) is 11.4 Å². The van der Waals surface area contributed by atoms with Gasteiger partial charge >= 0.3 is 0 Å². The van der Waals surface area contributed by atoms with E-state index < -0.39 is 0 Å². The van der Waals surface area contributed by atoms with Crippen molar-refractivity contribution in [1.29, 1.82) is 0 Å². The lowest BCUT2D eigenvalue weighted by molar-refractivity contribution is 0.0635. The molecule has 0 spiro atoms. The highest BCUT2D eigenvalue weighted by Gasteiger charge is 2.26. The van der Waals surface area contributed by atoms with Crippen LogP contribution in [0.25, 0.3) is 11.4 Å². The molecule has 1 aromatic carbocycles. The maximum atomic E-state index is 9.47. The summed E-state index contributed by atoms with van der Waals surface area (Å²) in [5.74, 6) is 0.784. The maximum absolute atomic E-state index is 9.47. The van der Waals surface area contributed by atoms with Crippen LogP contribution in [0.3, 0.4) is 0 Å². The van der Waals surface area contributed by atoms with E-state index in [-0.39, 0.29) is 6.61 Å². The quantitative estimate of drug-likeness (QED) is 0.747. The zero-order valence-electron chi connectivity index (χ0n) is 17.3. The number of benzene rings is 1. The van der Waals surface area contributed by atoms with Gasteiger partial charge in [-0.1, -0.05) is 35.9 Å². The fraction of sp³-hybridized carbons (Fsp3) is 0.478. The van der Waals surface area contributed by atoms with Crippen molar-refractivity contribution in [2.75, 3.05) is 32.8 Å². The predicted molar refractivity (Wildman–Crippen MR) is 114 cm³/mol. The van der Waals surface area contributed by atoms with E-state index in [4.69, 9.17) is 0 Å². The molecule has 1 atom stereocenters. The van der Waals surface area contributed by atoms with Crippen molar-refractivity contribution in [1.82, 2.24) is 19.8 Å². The Morgan fingerprint density at radius 1 is 1.18 bits per heavy atom. The van der Waals surface area contributed by atoms with Gasteiger partial charge < -0.3 is 5.11 Å². The van der Waals surface area contributed by atoms with E-state index in [1.54, 1.807) is 0 Å². The van der Waals surface area contributed by atoms with Gasteiger partial charge in [-0.05, 0) is 32.8 Å². The van der Waals surface area contributed by atoms with E-state index in [1.807, 2.05) is 24.5 Å². The van der Waals surface area contributed by atoms with Gasteiger partial charge in [0.2, 0.25) is 0 Å². The lowest BCUT2D eigenvalue weighted by Gasteiger charge is -2.41. The molecule has 0 aliphatic carbocycles. The van der Waals surface area contributed by atoms with Gasteiger partial charge in [0.15, 0.2) is 5.82 Å². The van der Waals surface area contributed by atoms with Crippen LogP contribution in [0.5, 0.6) is 0 Å². The molecule has 0 amide bonds. The lowest BCUT2D eigenvalue weighted by Crippen LogP contribution is -2.53. The Hall–Kier alpha value is -2.08. The number of aliphatic hydroxyl groups is 1. The van der Waals surface area contributed by atoms with Crippen molar-refractivity contribution >= 4 is 0 Å². The monoisotopic (exact) mass is 380 g/mol. The first-order valence-electron chi connectivity index (χ1n) is 10.1. The first-order valence-corrected chi connectivity index (χ1v) is 10.1. The average Bonchev–Trinajstić information content (AvgIpc) is 2.69. The summed E-state index contributed by atoms with van der Waals surface area (Å²) < 4.78 is 0. The van der Waals surface area contributed by atoms with Gasteiger partial charge in [-0.25, -0.2) is 9.97 Å². The minimum Gasteiger partial charge on any atom is -0.396 e. The molecule has 1 fully saturated rings. The fourth-order valence-corrected chi connectivity index (χ4v) is 3.72. The van der Waals surface area contributed by atoms with Crippen LogP contribution in [0.4, 0.5) is 0 Å². The molecular weight excluding hydrogens is 348 g/mol. The highest BCUT2D eigenvalue weighted by molar-refractivity contribution is 5.59. The normalized spacial score (nSPS) is 18.2. The highest BCUT2D eigenvalue weighted by Crippen LogP contribution is 2.20. The fourth-order valence-electron chi connectivity index (χ4n) is 3.72. The number of piperazine rings is 1. The first-order chi connectivity index (χ1) is 13.6. The van der Waals surface area contributed by atoms with Gasteiger partial charge in [-0.3, -0.25) is 9.80 Å². The molecular formula is C23H32N4O. The Morgan fingerprint density at radius 3 is 2.61 bits per heavy atom.